The molecule has 3 nitrogen and oxygen atoms in total. The van der Waals surface area contributed by atoms with E-state index >= 15 is 0 Å². The second-order valence-corrected chi connectivity index (χ2v) is 6.02. The van der Waals surface area contributed by atoms with Crippen LogP contribution in [-0.4, -0.2) is 22.9 Å². The lowest BCUT2D eigenvalue weighted by Gasteiger charge is -2.18. The highest BCUT2D eigenvalue weighted by Gasteiger charge is 2.12. The minimum Gasteiger partial charge on any atom is -0.316 e. The van der Waals surface area contributed by atoms with E-state index in [0.29, 0.717) is 0 Å². The first kappa shape index (κ1) is 16.2. The maximum atomic E-state index is 4.55. The van der Waals surface area contributed by atoms with Gasteiger partial charge in [0.05, 0.1) is 5.69 Å². The van der Waals surface area contributed by atoms with Gasteiger partial charge in [-0.15, -0.1) is 0 Å². The zero-order valence-corrected chi connectivity index (χ0v) is 13.4. The monoisotopic (exact) mass is 265 g/mol. The lowest BCUT2D eigenvalue weighted by molar-refractivity contribution is 0.413. The fourth-order valence-corrected chi connectivity index (χ4v) is 2.49. The molecule has 0 bridgehead atoms. The summed E-state index contributed by atoms with van der Waals surface area (Å²) >= 11 is 0. The Hall–Kier alpha value is -0.830. The van der Waals surface area contributed by atoms with Crippen molar-refractivity contribution in [1.29, 1.82) is 0 Å². The second-order valence-electron chi connectivity index (χ2n) is 6.02. The summed E-state index contributed by atoms with van der Waals surface area (Å²) in [5.74, 6) is 1.45. The van der Waals surface area contributed by atoms with Crippen molar-refractivity contribution < 1.29 is 0 Å². The van der Waals surface area contributed by atoms with Gasteiger partial charge in [-0.2, -0.15) is 5.10 Å². The highest BCUT2D eigenvalue weighted by Crippen LogP contribution is 2.15. The molecular weight excluding hydrogens is 234 g/mol. The highest BCUT2D eigenvalue weighted by molar-refractivity contribution is 5.11. The van der Waals surface area contributed by atoms with E-state index in [-0.39, 0.29) is 0 Å². The molecule has 0 aromatic carbocycles. The molecule has 19 heavy (non-hydrogen) atoms. The van der Waals surface area contributed by atoms with Crippen molar-refractivity contribution >= 4 is 0 Å². The van der Waals surface area contributed by atoms with Gasteiger partial charge in [-0.25, -0.2) is 0 Å². The van der Waals surface area contributed by atoms with Crippen LogP contribution >= 0.6 is 0 Å². The van der Waals surface area contributed by atoms with Gasteiger partial charge in [0.1, 0.15) is 0 Å². The van der Waals surface area contributed by atoms with Crippen LogP contribution in [0.3, 0.4) is 0 Å². The van der Waals surface area contributed by atoms with Crippen molar-refractivity contribution in [1.82, 2.24) is 15.1 Å². The van der Waals surface area contributed by atoms with Gasteiger partial charge in [0.15, 0.2) is 0 Å². The summed E-state index contributed by atoms with van der Waals surface area (Å²) in [5, 5.41) is 8.15. The Bertz CT molecular complexity index is 355. The lowest BCUT2D eigenvalue weighted by atomic mass is 9.97. The Morgan fingerprint density at radius 1 is 1.26 bits per heavy atom. The first-order valence-corrected chi connectivity index (χ1v) is 7.79. The predicted molar refractivity (Wildman–Crippen MR) is 82.4 cm³/mol. The molecule has 0 aliphatic rings. The summed E-state index contributed by atoms with van der Waals surface area (Å²) in [6.07, 6.45) is 4.71. The van der Waals surface area contributed by atoms with Crippen molar-refractivity contribution in [2.75, 3.05) is 13.1 Å². The van der Waals surface area contributed by atoms with E-state index in [2.05, 4.69) is 55.9 Å². The van der Waals surface area contributed by atoms with Crippen molar-refractivity contribution in [2.24, 2.45) is 18.9 Å². The lowest BCUT2D eigenvalue weighted by Crippen LogP contribution is -2.28. The summed E-state index contributed by atoms with van der Waals surface area (Å²) in [4.78, 5) is 0. The molecule has 0 aliphatic heterocycles. The zero-order chi connectivity index (χ0) is 14.3. The summed E-state index contributed by atoms with van der Waals surface area (Å²) in [7, 11) is 2.07. The molecule has 1 atom stereocenters. The van der Waals surface area contributed by atoms with Crippen LogP contribution in [0.15, 0.2) is 6.07 Å². The number of nitrogens with one attached hydrogen (secondary N) is 1. The normalized spacial score (nSPS) is 13.2. The molecule has 3 heteroatoms. The minimum atomic E-state index is 0.726. The SMILES string of the molecule is CCCC(CNCC(C)C)Cc1cc(CC)nn1C. The van der Waals surface area contributed by atoms with Crippen LogP contribution < -0.4 is 5.32 Å². The van der Waals surface area contributed by atoms with E-state index in [9.17, 15) is 0 Å². The van der Waals surface area contributed by atoms with Crippen LogP contribution in [0.4, 0.5) is 0 Å². The van der Waals surface area contributed by atoms with Gasteiger partial charge in [0, 0.05) is 12.7 Å². The molecule has 1 aromatic heterocycles. The zero-order valence-electron chi connectivity index (χ0n) is 13.4. The molecule has 0 amide bonds. The summed E-state index contributed by atoms with van der Waals surface area (Å²) in [5.41, 5.74) is 2.59. The Kier molecular flexibility index (Phi) is 7.14. The van der Waals surface area contributed by atoms with Crippen molar-refractivity contribution in [3.63, 3.8) is 0 Å². The average molecular weight is 265 g/mol. The van der Waals surface area contributed by atoms with E-state index < -0.39 is 0 Å². The molecule has 0 saturated heterocycles. The van der Waals surface area contributed by atoms with Gasteiger partial charge in [0.2, 0.25) is 0 Å². The van der Waals surface area contributed by atoms with Gasteiger partial charge in [-0.05, 0) is 50.3 Å². The van der Waals surface area contributed by atoms with Gasteiger partial charge in [-0.3, -0.25) is 4.68 Å². The van der Waals surface area contributed by atoms with Gasteiger partial charge in [-0.1, -0.05) is 34.1 Å². The summed E-state index contributed by atoms with van der Waals surface area (Å²) < 4.78 is 2.06. The fourth-order valence-electron chi connectivity index (χ4n) is 2.49. The van der Waals surface area contributed by atoms with Crippen molar-refractivity contribution in [3.8, 4) is 0 Å². The Morgan fingerprint density at radius 2 is 2.00 bits per heavy atom. The third-order valence-electron chi connectivity index (χ3n) is 3.57. The molecule has 0 fully saturated rings. The van der Waals surface area contributed by atoms with Crippen LogP contribution in [0.1, 0.15) is 51.9 Å². The molecule has 1 unspecified atom stereocenters. The van der Waals surface area contributed by atoms with E-state index in [1.54, 1.807) is 0 Å². The van der Waals surface area contributed by atoms with Crippen LogP contribution in [0, 0.1) is 11.8 Å². The molecule has 1 N–H and O–H groups in total. The van der Waals surface area contributed by atoms with Crippen LogP contribution in [0.25, 0.3) is 0 Å². The standard InChI is InChI=1S/C16H31N3/c1-6-8-14(12-17-11-13(3)4)9-16-10-15(7-2)18-19(16)5/h10,13-14,17H,6-9,11-12H2,1-5H3. The summed E-state index contributed by atoms with van der Waals surface area (Å²) in [6.45, 7) is 11.2. The third-order valence-corrected chi connectivity index (χ3v) is 3.57. The highest BCUT2D eigenvalue weighted by atomic mass is 15.3. The number of aryl methyl sites for hydroxylation is 2. The Balaban J connectivity index is 2.53. The van der Waals surface area contributed by atoms with Crippen LogP contribution in [0.5, 0.6) is 0 Å². The number of nitrogens with zero attached hydrogens (tertiary/aromatic N) is 2. The van der Waals surface area contributed by atoms with Gasteiger partial charge >= 0.3 is 0 Å². The van der Waals surface area contributed by atoms with Gasteiger partial charge in [0.25, 0.3) is 0 Å². The summed E-state index contributed by atoms with van der Waals surface area (Å²) in [6, 6.07) is 2.27. The first-order chi connectivity index (χ1) is 9.06. The average Bonchev–Trinajstić information content (AvgIpc) is 2.70. The molecule has 110 valence electrons. The number of hydrogen-bond acceptors (Lipinski definition) is 2. The van der Waals surface area contributed by atoms with Crippen LogP contribution in [0.2, 0.25) is 0 Å². The number of aromatic nitrogens is 2. The van der Waals surface area contributed by atoms with E-state index in [0.717, 1.165) is 37.8 Å². The topological polar surface area (TPSA) is 29.9 Å². The predicted octanol–water partition coefficient (Wildman–Crippen LogP) is 3.19. The molecule has 0 radical (unpaired) electrons. The molecule has 0 aliphatic carbocycles. The Morgan fingerprint density at radius 3 is 2.53 bits per heavy atom. The molecular formula is C16H31N3. The molecule has 1 aromatic rings. The quantitative estimate of drug-likeness (QED) is 0.743. The third kappa shape index (κ3) is 5.77. The molecule has 1 heterocycles. The van der Waals surface area contributed by atoms with E-state index in [1.807, 2.05) is 0 Å². The molecule has 0 spiro atoms. The molecule has 0 saturated carbocycles. The second kappa shape index (κ2) is 8.36. The largest absolute Gasteiger partial charge is 0.316 e. The van der Waals surface area contributed by atoms with Crippen LogP contribution in [-0.2, 0) is 19.9 Å². The fraction of sp³-hybridized carbons (Fsp3) is 0.812. The maximum Gasteiger partial charge on any atom is 0.0624 e. The van der Waals surface area contributed by atoms with E-state index in [4.69, 9.17) is 0 Å². The Labute approximate surface area is 118 Å². The molecule has 1 rings (SSSR count). The van der Waals surface area contributed by atoms with Crippen molar-refractivity contribution in [3.05, 3.63) is 17.5 Å². The van der Waals surface area contributed by atoms with Crippen molar-refractivity contribution in [2.45, 2.75) is 53.4 Å². The minimum absolute atomic E-state index is 0.726. The number of rotatable bonds is 9. The number of hydrogen-bond donors (Lipinski definition) is 1. The maximum absolute atomic E-state index is 4.55. The smallest absolute Gasteiger partial charge is 0.0624 e. The van der Waals surface area contributed by atoms with Gasteiger partial charge < -0.3 is 5.32 Å². The first-order valence-electron chi connectivity index (χ1n) is 7.79. The van der Waals surface area contributed by atoms with E-state index in [1.165, 1.54) is 24.2 Å².